The highest BCUT2D eigenvalue weighted by Gasteiger charge is 2.15. The van der Waals surface area contributed by atoms with Crippen molar-refractivity contribution in [1.82, 2.24) is 9.97 Å². The van der Waals surface area contributed by atoms with Gasteiger partial charge in [0, 0.05) is 28.7 Å². The van der Waals surface area contributed by atoms with Crippen molar-refractivity contribution in [2.75, 3.05) is 0 Å². The molecular formula is C40H24N2. The fourth-order valence-corrected chi connectivity index (χ4v) is 6.62. The van der Waals surface area contributed by atoms with Crippen molar-refractivity contribution in [2.45, 2.75) is 0 Å². The highest BCUT2D eigenvalue weighted by molar-refractivity contribution is 6.27. The summed E-state index contributed by atoms with van der Waals surface area (Å²) in [4.78, 5) is 9.18. The smallest absolute Gasteiger partial charge is 0.0702 e. The molecule has 194 valence electrons. The topological polar surface area (TPSA) is 25.8 Å². The summed E-state index contributed by atoms with van der Waals surface area (Å²) in [5.74, 6) is 0. The zero-order valence-electron chi connectivity index (χ0n) is 22.8. The maximum Gasteiger partial charge on any atom is 0.0702 e. The van der Waals surface area contributed by atoms with E-state index in [-0.39, 0.29) is 0 Å². The summed E-state index contributed by atoms with van der Waals surface area (Å²) in [6.45, 7) is 0. The minimum atomic E-state index is 1.02. The van der Waals surface area contributed by atoms with Gasteiger partial charge in [-0.1, -0.05) is 103 Å². The Labute approximate surface area is 242 Å². The summed E-state index contributed by atoms with van der Waals surface area (Å²) in [5.41, 5.74) is 9.28. The molecule has 0 saturated carbocycles. The molecule has 9 aromatic rings. The number of para-hydroxylation sites is 1. The van der Waals surface area contributed by atoms with Crippen LogP contribution in [0, 0.1) is 0 Å². The molecule has 0 unspecified atom stereocenters. The van der Waals surface area contributed by atoms with E-state index in [0.29, 0.717) is 0 Å². The molecule has 0 fully saturated rings. The Bertz CT molecular complexity index is 2460. The quantitative estimate of drug-likeness (QED) is 0.212. The number of benzene rings is 7. The number of hydrogen-bond acceptors (Lipinski definition) is 2. The van der Waals surface area contributed by atoms with Gasteiger partial charge < -0.3 is 0 Å². The molecule has 0 aliphatic rings. The molecule has 0 aliphatic heterocycles. The van der Waals surface area contributed by atoms with Crippen LogP contribution in [0.4, 0.5) is 0 Å². The van der Waals surface area contributed by atoms with Gasteiger partial charge in [0.25, 0.3) is 0 Å². The van der Waals surface area contributed by atoms with Crippen molar-refractivity contribution in [3.63, 3.8) is 0 Å². The molecule has 0 N–H and O–H groups in total. The average molecular weight is 533 g/mol. The SMILES string of the molecule is c1ccc2ncc(-c3ccc(-c4ccc5ccc6c(-c7ccc8ncccc8c7)ccc7ccc4c5c76)cc3)cc2c1. The number of fused-ring (bicyclic) bond motifs is 2. The fourth-order valence-electron chi connectivity index (χ4n) is 6.62. The van der Waals surface area contributed by atoms with Crippen LogP contribution in [0.25, 0.3) is 87.5 Å². The van der Waals surface area contributed by atoms with Crippen LogP contribution in [0.3, 0.4) is 0 Å². The third-order valence-corrected chi connectivity index (χ3v) is 8.70. The van der Waals surface area contributed by atoms with E-state index in [2.05, 4.69) is 131 Å². The van der Waals surface area contributed by atoms with Crippen molar-refractivity contribution in [1.29, 1.82) is 0 Å². The summed E-state index contributed by atoms with van der Waals surface area (Å²) in [5, 5.41) is 10.1. The zero-order valence-corrected chi connectivity index (χ0v) is 22.8. The van der Waals surface area contributed by atoms with Gasteiger partial charge in [0.05, 0.1) is 11.0 Å². The predicted molar refractivity (Wildman–Crippen MR) is 177 cm³/mol. The van der Waals surface area contributed by atoms with Gasteiger partial charge in [-0.3, -0.25) is 9.97 Å². The fraction of sp³-hybridized carbons (Fsp3) is 0. The highest BCUT2D eigenvalue weighted by atomic mass is 14.6. The van der Waals surface area contributed by atoms with Crippen LogP contribution in [0.1, 0.15) is 0 Å². The van der Waals surface area contributed by atoms with Crippen LogP contribution in [-0.4, -0.2) is 9.97 Å². The van der Waals surface area contributed by atoms with Crippen molar-refractivity contribution < 1.29 is 0 Å². The molecule has 2 aromatic heterocycles. The molecule has 9 rings (SSSR count). The molecule has 0 radical (unpaired) electrons. The first-order valence-corrected chi connectivity index (χ1v) is 14.3. The van der Waals surface area contributed by atoms with E-state index in [1.54, 1.807) is 0 Å². The molecule has 42 heavy (non-hydrogen) atoms. The van der Waals surface area contributed by atoms with Gasteiger partial charge in [-0.2, -0.15) is 0 Å². The summed E-state index contributed by atoms with van der Waals surface area (Å²) in [6.07, 6.45) is 3.82. The first-order valence-electron chi connectivity index (χ1n) is 14.3. The van der Waals surface area contributed by atoms with Gasteiger partial charge in [-0.05, 0) is 90.5 Å². The normalized spacial score (nSPS) is 11.8. The molecule has 2 nitrogen and oxygen atoms in total. The van der Waals surface area contributed by atoms with Gasteiger partial charge in [0.15, 0.2) is 0 Å². The summed E-state index contributed by atoms with van der Waals surface area (Å²) < 4.78 is 0. The van der Waals surface area contributed by atoms with Crippen molar-refractivity contribution >= 4 is 54.1 Å². The van der Waals surface area contributed by atoms with Crippen LogP contribution < -0.4 is 0 Å². The maximum atomic E-state index is 4.67. The Morgan fingerprint density at radius 1 is 0.357 bits per heavy atom. The van der Waals surface area contributed by atoms with Crippen molar-refractivity contribution in [3.8, 4) is 33.4 Å². The van der Waals surface area contributed by atoms with E-state index in [1.165, 1.54) is 60.1 Å². The Balaban J connectivity index is 1.19. The lowest BCUT2D eigenvalue weighted by Gasteiger charge is -2.17. The first kappa shape index (κ1) is 23.1. The number of pyridine rings is 2. The van der Waals surface area contributed by atoms with Crippen LogP contribution in [0.15, 0.2) is 146 Å². The van der Waals surface area contributed by atoms with E-state index < -0.39 is 0 Å². The lowest BCUT2D eigenvalue weighted by atomic mass is 9.87. The van der Waals surface area contributed by atoms with Crippen molar-refractivity contribution in [2.24, 2.45) is 0 Å². The zero-order chi connectivity index (χ0) is 27.6. The van der Waals surface area contributed by atoms with E-state index >= 15 is 0 Å². The molecular weight excluding hydrogens is 508 g/mol. The van der Waals surface area contributed by atoms with E-state index in [4.69, 9.17) is 0 Å². The molecule has 0 saturated heterocycles. The van der Waals surface area contributed by atoms with Gasteiger partial charge in [-0.15, -0.1) is 0 Å². The van der Waals surface area contributed by atoms with Crippen LogP contribution in [-0.2, 0) is 0 Å². The average Bonchev–Trinajstić information content (AvgIpc) is 3.06. The minimum absolute atomic E-state index is 1.02. The lowest BCUT2D eigenvalue weighted by molar-refractivity contribution is 1.41. The van der Waals surface area contributed by atoms with Crippen LogP contribution in [0.2, 0.25) is 0 Å². The van der Waals surface area contributed by atoms with Crippen LogP contribution >= 0.6 is 0 Å². The minimum Gasteiger partial charge on any atom is -0.256 e. The summed E-state index contributed by atoms with van der Waals surface area (Å²) in [6, 6.07) is 48.3. The number of aromatic nitrogens is 2. The first-order chi connectivity index (χ1) is 20.8. The Morgan fingerprint density at radius 3 is 1.69 bits per heavy atom. The van der Waals surface area contributed by atoms with Crippen molar-refractivity contribution in [3.05, 3.63) is 146 Å². The van der Waals surface area contributed by atoms with Gasteiger partial charge in [-0.25, -0.2) is 0 Å². The predicted octanol–water partition coefficient (Wildman–Crippen LogP) is 10.7. The number of nitrogens with zero attached hydrogens (tertiary/aromatic N) is 2. The molecule has 0 bridgehead atoms. The molecule has 0 atom stereocenters. The lowest BCUT2D eigenvalue weighted by Crippen LogP contribution is -1.90. The number of rotatable bonds is 3. The molecule has 2 heterocycles. The molecule has 0 amide bonds. The second-order valence-electron chi connectivity index (χ2n) is 11.1. The largest absolute Gasteiger partial charge is 0.256 e. The third kappa shape index (κ3) is 3.52. The van der Waals surface area contributed by atoms with Gasteiger partial charge >= 0.3 is 0 Å². The monoisotopic (exact) mass is 532 g/mol. The summed E-state index contributed by atoms with van der Waals surface area (Å²) in [7, 11) is 0. The molecule has 0 spiro atoms. The van der Waals surface area contributed by atoms with E-state index in [0.717, 1.165) is 27.4 Å². The van der Waals surface area contributed by atoms with Gasteiger partial charge in [0.2, 0.25) is 0 Å². The standard InChI is InChI=1S/C40H24N2/c1-2-6-37-30(4-1)23-32(24-42-37)25-7-9-26(10-8-25)33-16-11-27-14-19-36-34(17-12-28-13-18-35(33)39(27)40(28)36)29-15-20-38-31(22-29)5-3-21-41-38/h1-24H. The maximum absolute atomic E-state index is 4.67. The number of hydrogen-bond donors (Lipinski definition) is 0. The van der Waals surface area contributed by atoms with Crippen LogP contribution in [0.5, 0.6) is 0 Å². The highest BCUT2D eigenvalue weighted by Crippen LogP contribution is 2.42. The Kier molecular flexibility index (Phi) is 4.93. The third-order valence-electron chi connectivity index (χ3n) is 8.70. The molecule has 0 aliphatic carbocycles. The Hall–Kier alpha value is -5.60. The van der Waals surface area contributed by atoms with Gasteiger partial charge in [0.1, 0.15) is 0 Å². The molecule has 7 aromatic carbocycles. The Morgan fingerprint density at radius 2 is 0.929 bits per heavy atom. The second kappa shape index (κ2) is 8.95. The summed E-state index contributed by atoms with van der Waals surface area (Å²) >= 11 is 0. The van der Waals surface area contributed by atoms with E-state index in [1.807, 2.05) is 24.5 Å². The van der Waals surface area contributed by atoms with E-state index in [9.17, 15) is 0 Å². The molecule has 2 heteroatoms. The second-order valence-corrected chi connectivity index (χ2v) is 11.1.